The minimum atomic E-state index is -3.31. The molecule has 0 aromatic heterocycles. The summed E-state index contributed by atoms with van der Waals surface area (Å²) >= 11 is 3.30. The fourth-order valence-electron chi connectivity index (χ4n) is 1.48. The van der Waals surface area contributed by atoms with Gasteiger partial charge in [-0.3, -0.25) is 4.31 Å². The molecule has 0 saturated carbocycles. The highest BCUT2D eigenvalue weighted by Crippen LogP contribution is 2.28. The molecule has 0 saturated heterocycles. The number of nitrogens with two attached hydrogens (primary N) is 1. The number of benzene rings is 1. The minimum absolute atomic E-state index is 0.136. The molecule has 0 aliphatic rings. The van der Waals surface area contributed by atoms with Crippen molar-refractivity contribution in [3.05, 3.63) is 22.7 Å². The van der Waals surface area contributed by atoms with Crippen molar-refractivity contribution >= 4 is 37.3 Å². The van der Waals surface area contributed by atoms with Gasteiger partial charge in [-0.1, -0.05) is 29.8 Å². The van der Waals surface area contributed by atoms with Crippen molar-refractivity contribution in [2.45, 2.75) is 20.3 Å². The predicted octanol–water partition coefficient (Wildman–Crippen LogP) is 2.84. The predicted molar refractivity (Wildman–Crippen MR) is 80.2 cm³/mol. The number of hydrogen-bond donors (Lipinski definition) is 1. The smallest absolute Gasteiger partial charge is 0.234 e. The molecule has 0 unspecified atom stereocenters. The molecule has 0 spiro atoms. The molecule has 0 radical (unpaired) electrons. The Kier molecular flexibility index (Phi) is 5.04. The maximum atomic E-state index is 12.1. The van der Waals surface area contributed by atoms with Crippen molar-refractivity contribution in [3.63, 3.8) is 0 Å². The van der Waals surface area contributed by atoms with Gasteiger partial charge in [0, 0.05) is 11.5 Å². The molecule has 4 nitrogen and oxygen atoms in total. The van der Waals surface area contributed by atoms with E-state index in [1.165, 1.54) is 11.4 Å². The minimum Gasteiger partial charge on any atom is -0.397 e. The molecule has 18 heavy (non-hydrogen) atoms. The number of halogens is 1. The molecule has 0 aliphatic heterocycles. The van der Waals surface area contributed by atoms with E-state index in [2.05, 4.69) is 15.9 Å². The van der Waals surface area contributed by atoms with Gasteiger partial charge < -0.3 is 5.73 Å². The second-order valence-electron chi connectivity index (χ2n) is 4.67. The van der Waals surface area contributed by atoms with Gasteiger partial charge in [0.1, 0.15) is 0 Å². The van der Waals surface area contributed by atoms with Crippen LogP contribution in [0.4, 0.5) is 11.4 Å². The maximum absolute atomic E-state index is 12.1. The lowest BCUT2D eigenvalue weighted by molar-refractivity contribution is 0.572. The van der Waals surface area contributed by atoms with E-state index in [0.29, 0.717) is 23.7 Å². The van der Waals surface area contributed by atoms with Crippen LogP contribution in [0.15, 0.2) is 22.7 Å². The zero-order chi connectivity index (χ0) is 13.9. The average Bonchev–Trinajstić information content (AvgIpc) is 2.26. The highest BCUT2D eigenvalue weighted by Gasteiger charge is 2.20. The third-order valence-corrected chi connectivity index (χ3v) is 4.98. The molecule has 0 amide bonds. The van der Waals surface area contributed by atoms with Crippen molar-refractivity contribution in [2.24, 2.45) is 5.92 Å². The van der Waals surface area contributed by atoms with Crippen LogP contribution in [-0.4, -0.2) is 21.2 Å². The summed E-state index contributed by atoms with van der Waals surface area (Å²) in [5, 5.41) is 0. The molecule has 1 aromatic rings. The molecule has 0 atom stereocenters. The van der Waals surface area contributed by atoms with Crippen molar-refractivity contribution in [1.29, 1.82) is 0 Å². The fourth-order valence-corrected chi connectivity index (χ4v) is 3.37. The van der Waals surface area contributed by atoms with Gasteiger partial charge in [-0.15, -0.1) is 0 Å². The quantitative estimate of drug-likeness (QED) is 0.842. The van der Waals surface area contributed by atoms with Gasteiger partial charge in [0.15, 0.2) is 0 Å². The summed E-state index contributed by atoms with van der Waals surface area (Å²) in [5.74, 6) is 0.492. The summed E-state index contributed by atoms with van der Waals surface area (Å²) in [7, 11) is -1.77. The summed E-state index contributed by atoms with van der Waals surface area (Å²) < 4.78 is 26.4. The van der Waals surface area contributed by atoms with E-state index in [1.54, 1.807) is 18.2 Å². The Labute approximate surface area is 117 Å². The molecular formula is C12H19BrN2O2S. The first-order valence-corrected chi connectivity index (χ1v) is 8.16. The van der Waals surface area contributed by atoms with Crippen LogP contribution in [0.5, 0.6) is 0 Å². The molecular weight excluding hydrogens is 316 g/mol. The summed E-state index contributed by atoms with van der Waals surface area (Å²) in [4.78, 5) is 0. The van der Waals surface area contributed by atoms with Gasteiger partial charge in [0.2, 0.25) is 10.0 Å². The molecule has 1 rings (SSSR count). The van der Waals surface area contributed by atoms with Crippen molar-refractivity contribution < 1.29 is 8.42 Å². The lowest BCUT2D eigenvalue weighted by Crippen LogP contribution is -2.30. The third kappa shape index (κ3) is 3.88. The topological polar surface area (TPSA) is 63.4 Å². The molecule has 2 N–H and O–H groups in total. The van der Waals surface area contributed by atoms with Gasteiger partial charge in [0.05, 0.1) is 17.1 Å². The zero-order valence-corrected chi connectivity index (χ0v) is 13.3. The second kappa shape index (κ2) is 5.93. The molecule has 0 bridgehead atoms. The number of nitrogens with zero attached hydrogens (tertiary/aromatic N) is 1. The monoisotopic (exact) mass is 334 g/mol. The Morgan fingerprint density at radius 1 is 1.39 bits per heavy atom. The molecule has 6 heteroatoms. The van der Waals surface area contributed by atoms with Gasteiger partial charge in [-0.2, -0.15) is 0 Å². The third-order valence-electron chi connectivity index (χ3n) is 2.70. The van der Waals surface area contributed by atoms with Gasteiger partial charge >= 0.3 is 0 Å². The Balaban J connectivity index is 2.95. The van der Waals surface area contributed by atoms with Crippen molar-refractivity contribution in [2.75, 3.05) is 22.8 Å². The zero-order valence-electron chi connectivity index (χ0n) is 10.9. The average molecular weight is 335 g/mol. The van der Waals surface area contributed by atoms with Crippen molar-refractivity contribution in [1.82, 2.24) is 0 Å². The van der Waals surface area contributed by atoms with E-state index in [0.717, 1.165) is 4.47 Å². The Bertz CT molecular complexity index is 515. The SMILES string of the molecule is CC(C)CCS(=O)(=O)N(C)c1ccc(Br)cc1N. The van der Waals surface area contributed by atoms with Crippen LogP contribution < -0.4 is 10.0 Å². The van der Waals surface area contributed by atoms with Gasteiger partial charge in [-0.25, -0.2) is 8.42 Å². The number of sulfonamides is 1. The highest BCUT2D eigenvalue weighted by molar-refractivity contribution is 9.10. The van der Waals surface area contributed by atoms with E-state index in [1.807, 2.05) is 13.8 Å². The highest BCUT2D eigenvalue weighted by atomic mass is 79.9. The number of rotatable bonds is 5. The lowest BCUT2D eigenvalue weighted by Gasteiger charge is -2.21. The van der Waals surface area contributed by atoms with E-state index < -0.39 is 10.0 Å². The fraction of sp³-hybridized carbons (Fsp3) is 0.500. The summed E-state index contributed by atoms with van der Waals surface area (Å²) in [6, 6.07) is 5.18. The first-order valence-electron chi connectivity index (χ1n) is 5.75. The van der Waals surface area contributed by atoms with E-state index in [-0.39, 0.29) is 5.75 Å². The van der Waals surface area contributed by atoms with Crippen LogP contribution in [0.25, 0.3) is 0 Å². The molecule has 0 fully saturated rings. The first kappa shape index (κ1) is 15.3. The molecule has 102 valence electrons. The van der Waals surface area contributed by atoms with Gasteiger partial charge in [-0.05, 0) is 30.5 Å². The molecule has 0 heterocycles. The Morgan fingerprint density at radius 2 is 2.00 bits per heavy atom. The first-order chi connectivity index (χ1) is 8.24. The number of anilines is 2. The van der Waals surface area contributed by atoms with E-state index in [4.69, 9.17) is 5.73 Å². The van der Waals surface area contributed by atoms with Gasteiger partial charge in [0.25, 0.3) is 0 Å². The number of hydrogen-bond acceptors (Lipinski definition) is 3. The van der Waals surface area contributed by atoms with Crippen LogP contribution in [0.2, 0.25) is 0 Å². The lowest BCUT2D eigenvalue weighted by atomic mass is 10.2. The normalized spacial score (nSPS) is 11.8. The van der Waals surface area contributed by atoms with E-state index in [9.17, 15) is 8.42 Å². The molecule has 0 aliphatic carbocycles. The van der Waals surface area contributed by atoms with Crippen molar-refractivity contribution in [3.8, 4) is 0 Å². The van der Waals surface area contributed by atoms with Crippen LogP contribution in [0.1, 0.15) is 20.3 Å². The number of nitrogen functional groups attached to an aromatic ring is 1. The van der Waals surface area contributed by atoms with Crippen LogP contribution in [0.3, 0.4) is 0 Å². The standard InChI is InChI=1S/C12H19BrN2O2S/c1-9(2)6-7-18(16,17)15(3)12-5-4-10(13)8-11(12)14/h4-5,8-9H,6-7,14H2,1-3H3. The Hall–Kier alpha value is -0.750. The van der Waals surface area contributed by atoms with Crippen LogP contribution >= 0.6 is 15.9 Å². The summed E-state index contributed by atoms with van der Waals surface area (Å²) in [6.07, 6.45) is 0.642. The van der Waals surface area contributed by atoms with Crippen LogP contribution in [-0.2, 0) is 10.0 Å². The summed E-state index contributed by atoms with van der Waals surface area (Å²) in [5.41, 5.74) is 6.80. The molecule has 1 aromatic carbocycles. The van der Waals surface area contributed by atoms with Crippen LogP contribution in [0, 0.1) is 5.92 Å². The summed E-state index contributed by atoms with van der Waals surface area (Å²) in [6.45, 7) is 4.01. The van der Waals surface area contributed by atoms with E-state index >= 15 is 0 Å². The largest absolute Gasteiger partial charge is 0.397 e. The second-order valence-corrected chi connectivity index (χ2v) is 7.70. The Morgan fingerprint density at radius 3 is 2.50 bits per heavy atom. The maximum Gasteiger partial charge on any atom is 0.234 e.